The maximum Gasteiger partial charge on any atom is 0.245 e. The minimum absolute atomic E-state index is 0.0211. The van der Waals surface area contributed by atoms with Crippen molar-refractivity contribution >= 4 is 11.4 Å². The van der Waals surface area contributed by atoms with Crippen molar-refractivity contribution in [1.82, 2.24) is 24.3 Å². The topological polar surface area (TPSA) is 79.2 Å². The molecule has 7 nitrogen and oxygen atoms in total. The summed E-state index contributed by atoms with van der Waals surface area (Å²) in [6.07, 6.45) is 8.65. The highest BCUT2D eigenvalue weighted by Crippen LogP contribution is 2.34. The van der Waals surface area contributed by atoms with Gasteiger partial charge in [-0.3, -0.25) is 9.48 Å². The van der Waals surface area contributed by atoms with Crippen LogP contribution in [0.3, 0.4) is 0 Å². The molecule has 0 spiro atoms. The van der Waals surface area contributed by atoms with Crippen molar-refractivity contribution < 1.29 is 4.79 Å². The highest BCUT2D eigenvalue weighted by atomic mass is 16.2. The van der Waals surface area contributed by atoms with Crippen molar-refractivity contribution in [1.29, 1.82) is 5.26 Å². The normalized spacial score (nSPS) is 13.7. The van der Waals surface area contributed by atoms with Gasteiger partial charge in [0.05, 0.1) is 23.5 Å². The third-order valence-electron chi connectivity index (χ3n) is 5.83. The van der Waals surface area contributed by atoms with Gasteiger partial charge in [0.25, 0.3) is 0 Å². The second kappa shape index (κ2) is 7.26. The smallest absolute Gasteiger partial charge is 0.245 e. The maximum absolute atomic E-state index is 11.7. The number of carbonyl (C=O) groups is 1. The molecule has 1 aliphatic rings. The number of fused-ring (bicyclic) bond motifs is 1. The van der Waals surface area contributed by atoms with Crippen LogP contribution >= 0.6 is 0 Å². The van der Waals surface area contributed by atoms with Crippen molar-refractivity contribution in [3.8, 4) is 28.3 Å². The minimum atomic E-state index is -0.0211. The molecule has 0 radical (unpaired) electrons. The van der Waals surface area contributed by atoms with E-state index in [1.165, 1.54) is 11.6 Å². The Morgan fingerprint density at radius 3 is 2.55 bits per heavy atom. The molecule has 0 unspecified atom stereocenters. The van der Waals surface area contributed by atoms with Crippen molar-refractivity contribution in [2.45, 2.75) is 5.92 Å². The monoisotopic (exact) mass is 408 g/mol. The second-order valence-electron chi connectivity index (χ2n) is 7.77. The molecule has 1 amide bonds. The van der Waals surface area contributed by atoms with Gasteiger partial charge in [-0.25, -0.2) is 4.52 Å². The lowest BCUT2D eigenvalue weighted by molar-refractivity contribution is -0.130. The van der Waals surface area contributed by atoms with Gasteiger partial charge < -0.3 is 4.90 Å². The zero-order chi connectivity index (χ0) is 21.5. The van der Waals surface area contributed by atoms with E-state index in [-0.39, 0.29) is 5.91 Å². The fourth-order valence-electron chi connectivity index (χ4n) is 4.08. The van der Waals surface area contributed by atoms with Crippen LogP contribution in [-0.2, 0) is 11.8 Å². The molecule has 5 rings (SSSR count). The number of likely N-dealkylation sites (tertiary alicyclic amines) is 1. The van der Waals surface area contributed by atoms with Crippen LogP contribution in [0.4, 0.5) is 0 Å². The van der Waals surface area contributed by atoms with Crippen LogP contribution in [0.25, 0.3) is 27.8 Å². The molecule has 7 heteroatoms. The predicted molar refractivity (Wildman–Crippen MR) is 117 cm³/mol. The number of rotatable bonds is 4. The average molecular weight is 408 g/mol. The molecule has 152 valence electrons. The van der Waals surface area contributed by atoms with E-state index >= 15 is 0 Å². The summed E-state index contributed by atoms with van der Waals surface area (Å²) < 4.78 is 3.52. The number of nitriles is 1. The number of nitrogens with zero attached hydrogens (tertiary/aromatic N) is 6. The molecule has 0 aliphatic carbocycles. The van der Waals surface area contributed by atoms with Crippen LogP contribution in [0.5, 0.6) is 0 Å². The second-order valence-corrected chi connectivity index (χ2v) is 7.77. The molecule has 1 saturated heterocycles. The predicted octanol–water partition coefficient (Wildman–Crippen LogP) is 3.39. The molecule has 1 aliphatic heterocycles. The lowest BCUT2D eigenvalue weighted by Gasteiger charge is -2.39. The van der Waals surface area contributed by atoms with Gasteiger partial charge >= 0.3 is 0 Å². The molecule has 0 atom stereocenters. The number of carbonyl (C=O) groups excluding carboxylic acids is 1. The third kappa shape index (κ3) is 3.19. The Labute approximate surface area is 179 Å². The summed E-state index contributed by atoms with van der Waals surface area (Å²) >= 11 is 0. The molecule has 0 N–H and O–H groups in total. The Morgan fingerprint density at radius 2 is 1.90 bits per heavy atom. The number of hydrogen-bond donors (Lipinski definition) is 0. The average Bonchev–Trinajstić information content (AvgIpc) is 3.38. The molecular formula is C24H20N6O. The molecule has 1 fully saturated rings. The zero-order valence-electron chi connectivity index (χ0n) is 17.1. The SMILES string of the molecule is C=CC(=O)N1CC(c2ccc(-c3cc(-c4cnn(C)c4)cn4ncc(C#N)c34)cc2)C1. The van der Waals surface area contributed by atoms with E-state index in [2.05, 4.69) is 53.2 Å². The summed E-state index contributed by atoms with van der Waals surface area (Å²) in [7, 11) is 1.88. The lowest BCUT2D eigenvalue weighted by atomic mass is 9.89. The molecule has 0 saturated carbocycles. The zero-order valence-corrected chi connectivity index (χ0v) is 17.1. The number of benzene rings is 1. The fourth-order valence-corrected chi connectivity index (χ4v) is 4.08. The summed E-state index contributed by atoms with van der Waals surface area (Å²) in [5.74, 6) is 0.316. The van der Waals surface area contributed by atoms with Gasteiger partial charge in [0.1, 0.15) is 6.07 Å². The van der Waals surface area contributed by atoms with Gasteiger partial charge in [-0.15, -0.1) is 0 Å². The van der Waals surface area contributed by atoms with Crippen LogP contribution in [0, 0.1) is 11.3 Å². The standard InChI is InChI=1S/C24H20N6O/c1-3-23(31)29-13-21(14-29)16-4-6-17(7-5-16)22-8-18(20-11-26-28(2)12-20)15-30-24(22)19(9-25)10-27-30/h3-8,10-12,15,21H,1,13-14H2,2H3. The van der Waals surface area contributed by atoms with Crippen molar-refractivity contribution in [3.63, 3.8) is 0 Å². The molecule has 1 aromatic carbocycles. The highest BCUT2D eigenvalue weighted by molar-refractivity contribution is 5.88. The van der Waals surface area contributed by atoms with E-state index in [1.807, 2.05) is 25.6 Å². The number of aromatic nitrogens is 4. The van der Waals surface area contributed by atoms with Crippen LogP contribution < -0.4 is 0 Å². The lowest BCUT2D eigenvalue weighted by Crippen LogP contribution is -2.47. The molecule has 4 aromatic rings. The first kappa shape index (κ1) is 18.8. The third-order valence-corrected chi connectivity index (χ3v) is 5.83. The van der Waals surface area contributed by atoms with E-state index < -0.39 is 0 Å². The van der Waals surface area contributed by atoms with E-state index in [4.69, 9.17) is 0 Å². The first-order valence-electron chi connectivity index (χ1n) is 9.99. The fraction of sp³-hybridized carbons (Fsp3) is 0.167. The maximum atomic E-state index is 11.7. The molecule has 31 heavy (non-hydrogen) atoms. The van der Waals surface area contributed by atoms with Crippen LogP contribution in [-0.4, -0.2) is 43.3 Å². The summed E-state index contributed by atoms with van der Waals surface area (Å²) in [4.78, 5) is 13.5. The minimum Gasteiger partial charge on any atom is -0.338 e. The number of amides is 1. The Hall–Kier alpha value is -4.18. The summed E-state index contributed by atoms with van der Waals surface area (Å²) in [5.41, 5.74) is 6.44. The molecular weight excluding hydrogens is 388 g/mol. The molecule has 0 bridgehead atoms. The first-order chi connectivity index (χ1) is 15.1. The van der Waals surface area contributed by atoms with E-state index in [0.29, 0.717) is 24.6 Å². The van der Waals surface area contributed by atoms with Gasteiger partial charge in [-0.2, -0.15) is 15.5 Å². The highest BCUT2D eigenvalue weighted by Gasteiger charge is 2.30. The Morgan fingerprint density at radius 1 is 1.13 bits per heavy atom. The molecule has 4 heterocycles. The van der Waals surface area contributed by atoms with Crippen molar-refractivity contribution in [2.24, 2.45) is 7.05 Å². The van der Waals surface area contributed by atoms with E-state index in [9.17, 15) is 10.1 Å². The van der Waals surface area contributed by atoms with Crippen molar-refractivity contribution in [2.75, 3.05) is 13.1 Å². The largest absolute Gasteiger partial charge is 0.338 e. The van der Waals surface area contributed by atoms with Gasteiger partial charge in [0.15, 0.2) is 0 Å². The Balaban J connectivity index is 1.53. The summed E-state index contributed by atoms with van der Waals surface area (Å²) in [6.45, 7) is 4.97. The summed E-state index contributed by atoms with van der Waals surface area (Å²) in [6, 6.07) is 12.7. The van der Waals surface area contributed by atoms with Gasteiger partial charge in [0.2, 0.25) is 5.91 Å². The van der Waals surface area contributed by atoms with Gasteiger partial charge in [-0.1, -0.05) is 30.8 Å². The number of aryl methyl sites for hydroxylation is 1. The number of hydrogen-bond acceptors (Lipinski definition) is 4. The first-order valence-corrected chi connectivity index (χ1v) is 9.99. The molecule has 3 aromatic heterocycles. The van der Waals surface area contributed by atoms with Crippen LogP contribution in [0.15, 0.2) is 67.8 Å². The van der Waals surface area contributed by atoms with Gasteiger partial charge in [0, 0.05) is 55.1 Å². The number of pyridine rings is 1. The van der Waals surface area contributed by atoms with Crippen LogP contribution in [0.1, 0.15) is 17.0 Å². The Kier molecular flexibility index (Phi) is 4.41. The van der Waals surface area contributed by atoms with E-state index in [1.54, 1.807) is 20.3 Å². The van der Waals surface area contributed by atoms with Crippen molar-refractivity contribution in [3.05, 3.63) is 78.9 Å². The summed E-state index contributed by atoms with van der Waals surface area (Å²) in [5, 5.41) is 18.2. The van der Waals surface area contributed by atoms with Gasteiger partial charge in [-0.05, 0) is 23.3 Å². The Bertz CT molecular complexity index is 1350. The van der Waals surface area contributed by atoms with Crippen LogP contribution in [0.2, 0.25) is 0 Å². The van der Waals surface area contributed by atoms with E-state index in [0.717, 1.165) is 27.8 Å². The quantitative estimate of drug-likeness (QED) is 0.485.